The monoisotopic (exact) mass is 340 g/mol. The van der Waals surface area contributed by atoms with Crippen molar-refractivity contribution in [2.24, 2.45) is 0 Å². The molecule has 0 saturated carbocycles. The van der Waals surface area contributed by atoms with Crippen LogP contribution in [0.1, 0.15) is 10.6 Å². The van der Waals surface area contributed by atoms with Crippen LogP contribution in [0.5, 0.6) is 5.75 Å². The molecule has 4 rings (SSSR count). The van der Waals surface area contributed by atoms with Gasteiger partial charge in [-0.15, -0.1) is 10.2 Å². The second-order valence-corrected chi connectivity index (χ2v) is 6.29. The first-order chi connectivity index (χ1) is 11.7. The third kappa shape index (κ3) is 2.74. The summed E-state index contributed by atoms with van der Waals surface area (Å²) in [5.41, 5.74) is 1.93. The average Bonchev–Trinajstić information content (AvgIpc) is 3.16. The van der Waals surface area contributed by atoms with Gasteiger partial charge < -0.3 is 4.74 Å². The Labute approximate surface area is 141 Å². The Morgan fingerprint density at radius 3 is 2.50 bits per heavy atom. The molecule has 0 saturated heterocycles. The number of aromatic nitrogens is 4. The number of methoxy groups -OCH3 is 1. The van der Waals surface area contributed by atoms with Crippen molar-refractivity contribution < 1.29 is 9.13 Å². The highest BCUT2D eigenvalue weighted by Crippen LogP contribution is 2.23. The summed E-state index contributed by atoms with van der Waals surface area (Å²) in [6.07, 6.45) is 0.709. The third-order valence-corrected chi connectivity index (χ3v) is 4.55. The Morgan fingerprint density at radius 1 is 1.04 bits per heavy atom. The van der Waals surface area contributed by atoms with Crippen LogP contribution in [0.4, 0.5) is 4.39 Å². The zero-order valence-corrected chi connectivity index (χ0v) is 13.6. The van der Waals surface area contributed by atoms with E-state index < -0.39 is 0 Å². The molecule has 0 radical (unpaired) electrons. The molecule has 4 aromatic rings. The summed E-state index contributed by atoms with van der Waals surface area (Å²) in [6, 6.07) is 14.0. The molecule has 2 aromatic carbocycles. The normalized spacial score (nSPS) is 11.1. The smallest absolute Gasteiger partial charge is 0.234 e. The van der Waals surface area contributed by atoms with Crippen LogP contribution >= 0.6 is 11.3 Å². The minimum atomic E-state index is -0.280. The summed E-state index contributed by atoms with van der Waals surface area (Å²) in [5, 5.41) is 13.8. The first kappa shape index (κ1) is 14.8. The number of ether oxygens (including phenoxy) is 1. The van der Waals surface area contributed by atoms with E-state index in [2.05, 4.69) is 15.3 Å². The second-order valence-electron chi connectivity index (χ2n) is 5.25. The molecule has 0 spiro atoms. The Hall–Kier alpha value is -2.80. The summed E-state index contributed by atoms with van der Waals surface area (Å²) >= 11 is 1.49. The van der Waals surface area contributed by atoms with E-state index in [0.717, 1.165) is 26.8 Å². The SMILES string of the molecule is COc1ccc(Cc2nn3c(-c4ccc(F)cc4)nnc3s2)cc1. The van der Waals surface area contributed by atoms with E-state index >= 15 is 0 Å². The van der Waals surface area contributed by atoms with Crippen molar-refractivity contribution in [2.45, 2.75) is 6.42 Å². The molecular formula is C17H13FN4OS. The number of benzene rings is 2. The molecule has 2 heterocycles. The molecule has 0 unspecified atom stereocenters. The van der Waals surface area contributed by atoms with E-state index in [1.807, 2.05) is 24.3 Å². The van der Waals surface area contributed by atoms with Crippen molar-refractivity contribution in [3.8, 4) is 17.1 Å². The molecule has 0 N–H and O–H groups in total. The van der Waals surface area contributed by atoms with Gasteiger partial charge in [-0.1, -0.05) is 23.5 Å². The van der Waals surface area contributed by atoms with Crippen LogP contribution < -0.4 is 4.74 Å². The van der Waals surface area contributed by atoms with E-state index in [1.165, 1.54) is 23.5 Å². The molecular weight excluding hydrogens is 327 g/mol. The van der Waals surface area contributed by atoms with E-state index in [1.54, 1.807) is 23.8 Å². The lowest BCUT2D eigenvalue weighted by atomic mass is 10.1. The number of fused-ring (bicyclic) bond motifs is 1. The molecule has 0 atom stereocenters. The van der Waals surface area contributed by atoms with Crippen molar-refractivity contribution in [1.29, 1.82) is 0 Å². The molecule has 7 heteroatoms. The highest BCUT2D eigenvalue weighted by atomic mass is 32.1. The molecule has 0 aliphatic carbocycles. The van der Waals surface area contributed by atoms with Gasteiger partial charge in [0.2, 0.25) is 4.96 Å². The molecule has 120 valence electrons. The third-order valence-electron chi connectivity index (χ3n) is 3.65. The number of nitrogens with zero attached hydrogens (tertiary/aromatic N) is 4. The van der Waals surface area contributed by atoms with E-state index in [0.29, 0.717) is 12.2 Å². The van der Waals surface area contributed by atoms with Gasteiger partial charge in [-0.2, -0.15) is 9.61 Å². The molecule has 24 heavy (non-hydrogen) atoms. The van der Waals surface area contributed by atoms with Gasteiger partial charge in [0, 0.05) is 12.0 Å². The van der Waals surface area contributed by atoms with Crippen LogP contribution in [-0.2, 0) is 6.42 Å². The maximum absolute atomic E-state index is 13.1. The lowest BCUT2D eigenvalue weighted by Crippen LogP contribution is -1.94. The van der Waals surface area contributed by atoms with Crippen LogP contribution in [0.2, 0.25) is 0 Å². The Bertz CT molecular complexity index is 976. The van der Waals surface area contributed by atoms with Crippen molar-refractivity contribution in [2.75, 3.05) is 7.11 Å². The summed E-state index contributed by atoms with van der Waals surface area (Å²) in [7, 11) is 1.65. The first-order valence-electron chi connectivity index (χ1n) is 7.33. The van der Waals surface area contributed by atoms with Gasteiger partial charge in [-0.05, 0) is 42.0 Å². The predicted octanol–water partition coefficient (Wildman–Crippen LogP) is 3.59. The van der Waals surface area contributed by atoms with Gasteiger partial charge in [0.25, 0.3) is 0 Å². The summed E-state index contributed by atoms with van der Waals surface area (Å²) < 4.78 is 19.9. The molecule has 0 amide bonds. The Balaban J connectivity index is 1.64. The van der Waals surface area contributed by atoms with Gasteiger partial charge >= 0.3 is 0 Å². The average molecular weight is 340 g/mol. The fraction of sp³-hybridized carbons (Fsp3) is 0.118. The quantitative estimate of drug-likeness (QED) is 0.570. The lowest BCUT2D eigenvalue weighted by molar-refractivity contribution is 0.414. The fourth-order valence-corrected chi connectivity index (χ4v) is 3.29. The van der Waals surface area contributed by atoms with Crippen molar-refractivity contribution >= 4 is 16.3 Å². The Kier molecular flexibility index (Phi) is 3.70. The topological polar surface area (TPSA) is 52.3 Å². The lowest BCUT2D eigenvalue weighted by Gasteiger charge is -2.01. The van der Waals surface area contributed by atoms with Crippen LogP contribution in [0.15, 0.2) is 48.5 Å². The molecule has 0 aliphatic heterocycles. The van der Waals surface area contributed by atoms with E-state index in [-0.39, 0.29) is 5.82 Å². The van der Waals surface area contributed by atoms with Gasteiger partial charge in [-0.25, -0.2) is 4.39 Å². The van der Waals surface area contributed by atoms with Crippen LogP contribution in [0, 0.1) is 5.82 Å². The molecule has 0 fully saturated rings. The zero-order valence-electron chi connectivity index (χ0n) is 12.8. The highest BCUT2D eigenvalue weighted by molar-refractivity contribution is 7.16. The maximum atomic E-state index is 13.1. The predicted molar refractivity (Wildman–Crippen MR) is 89.9 cm³/mol. The Morgan fingerprint density at radius 2 is 1.79 bits per heavy atom. The number of halogens is 1. The first-order valence-corrected chi connectivity index (χ1v) is 8.14. The van der Waals surface area contributed by atoms with E-state index in [9.17, 15) is 4.39 Å². The standard InChI is InChI=1S/C17H13FN4OS/c1-23-14-8-2-11(3-9-14)10-15-21-22-16(19-20-17(22)24-15)12-4-6-13(18)7-5-12/h2-9H,10H2,1H3. The van der Waals surface area contributed by atoms with Gasteiger partial charge in [0.05, 0.1) is 7.11 Å². The zero-order chi connectivity index (χ0) is 16.5. The maximum Gasteiger partial charge on any atom is 0.234 e. The highest BCUT2D eigenvalue weighted by Gasteiger charge is 2.13. The summed E-state index contributed by atoms with van der Waals surface area (Å²) in [4.78, 5) is 0.720. The fourth-order valence-electron chi connectivity index (χ4n) is 2.42. The molecule has 5 nitrogen and oxygen atoms in total. The molecule has 0 aliphatic rings. The van der Waals surface area contributed by atoms with Gasteiger partial charge in [-0.3, -0.25) is 0 Å². The van der Waals surface area contributed by atoms with Crippen LogP contribution in [0.3, 0.4) is 0 Å². The van der Waals surface area contributed by atoms with Crippen LogP contribution in [0.25, 0.3) is 16.3 Å². The van der Waals surface area contributed by atoms with Gasteiger partial charge in [0.15, 0.2) is 5.82 Å². The van der Waals surface area contributed by atoms with Crippen molar-refractivity contribution in [3.63, 3.8) is 0 Å². The minimum absolute atomic E-state index is 0.280. The number of rotatable bonds is 4. The van der Waals surface area contributed by atoms with Crippen molar-refractivity contribution in [3.05, 3.63) is 64.9 Å². The molecule has 2 aromatic heterocycles. The summed E-state index contributed by atoms with van der Waals surface area (Å²) in [6.45, 7) is 0. The molecule has 0 bridgehead atoms. The summed E-state index contributed by atoms with van der Waals surface area (Å²) in [5.74, 6) is 1.16. The van der Waals surface area contributed by atoms with Gasteiger partial charge in [0.1, 0.15) is 16.6 Å². The minimum Gasteiger partial charge on any atom is -0.497 e. The van der Waals surface area contributed by atoms with Crippen molar-refractivity contribution in [1.82, 2.24) is 19.8 Å². The van der Waals surface area contributed by atoms with E-state index in [4.69, 9.17) is 4.74 Å². The number of hydrogen-bond donors (Lipinski definition) is 0. The van der Waals surface area contributed by atoms with Crippen LogP contribution in [-0.4, -0.2) is 26.9 Å². The second kappa shape index (κ2) is 6.01. The largest absolute Gasteiger partial charge is 0.497 e. The number of hydrogen-bond acceptors (Lipinski definition) is 5.